The Balaban J connectivity index is 1.38. The molecule has 9 heteroatoms. The zero-order valence-electron chi connectivity index (χ0n) is 19.4. The van der Waals surface area contributed by atoms with Crippen molar-refractivity contribution in [3.8, 4) is 22.9 Å². The lowest BCUT2D eigenvalue weighted by Gasteiger charge is -2.54. The second-order valence-electron chi connectivity index (χ2n) is 9.81. The number of alkyl halides is 1. The van der Waals surface area contributed by atoms with Crippen molar-refractivity contribution in [2.24, 2.45) is 0 Å². The van der Waals surface area contributed by atoms with Crippen molar-refractivity contribution in [2.75, 3.05) is 7.05 Å². The molecule has 2 aliphatic heterocycles. The summed E-state index contributed by atoms with van der Waals surface area (Å²) in [6.45, 7) is 4.05. The summed E-state index contributed by atoms with van der Waals surface area (Å²) in [6.07, 6.45) is 1.56. The van der Waals surface area contributed by atoms with Gasteiger partial charge in [0, 0.05) is 42.1 Å². The molecule has 4 atom stereocenters. The molecule has 0 unspecified atom stereocenters. The van der Waals surface area contributed by atoms with E-state index in [9.17, 15) is 9.90 Å². The number of carbonyl (C=O) groups excluding carboxylic acids is 1. The van der Waals surface area contributed by atoms with Gasteiger partial charge in [0.2, 0.25) is 5.88 Å². The first-order chi connectivity index (χ1) is 16.2. The molecule has 2 bridgehead atoms. The van der Waals surface area contributed by atoms with Crippen LogP contribution < -0.4 is 15.4 Å². The Labute approximate surface area is 196 Å². The number of phenols is 1. The second kappa shape index (κ2) is 8.16. The second-order valence-corrected chi connectivity index (χ2v) is 9.81. The Kier molecular flexibility index (Phi) is 5.39. The van der Waals surface area contributed by atoms with Gasteiger partial charge in [-0.3, -0.25) is 4.79 Å². The quantitative estimate of drug-likeness (QED) is 0.541. The Morgan fingerprint density at radius 2 is 2.03 bits per heavy atom. The first-order valence-corrected chi connectivity index (χ1v) is 11.5. The monoisotopic (exact) mass is 465 g/mol. The predicted octanol–water partition coefficient (Wildman–Crippen LogP) is 3.54. The van der Waals surface area contributed by atoms with Crippen molar-refractivity contribution in [3.63, 3.8) is 0 Å². The molecular formula is C25H28FN5O3. The zero-order chi connectivity index (χ0) is 24.1. The summed E-state index contributed by atoms with van der Waals surface area (Å²) in [5.74, 6) is -0.0866. The maximum absolute atomic E-state index is 15.3. The number of halogens is 1. The highest BCUT2D eigenvalue weighted by Crippen LogP contribution is 2.42. The van der Waals surface area contributed by atoms with Crippen molar-refractivity contribution in [1.82, 2.24) is 25.8 Å². The number of carbonyl (C=O) groups is 1. The standard InChI is InChI=1S/C25H28FN5O3/c1-24-9-4-10-25(2,31-24)22(26)20(13-24)34-21-8-7-16(29-30-21)15-11-14-5-6-17(23(33)27-3)28-18(14)12-19(15)32/h5-8,11-12,20,22,31-32H,4,9-10,13H2,1-3H3,(H,27,33)/t20-,22-,24-,25+/m0/s1. The van der Waals surface area contributed by atoms with Crippen molar-refractivity contribution in [1.29, 1.82) is 0 Å². The summed E-state index contributed by atoms with van der Waals surface area (Å²) in [7, 11) is 1.53. The molecule has 2 aliphatic rings. The minimum atomic E-state index is -1.15. The van der Waals surface area contributed by atoms with Crippen molar-refractivity contribution in [2.45, 2.75) is 62.9 Å². The lowest BCUT2D eigenvalue weighted by molar-refractivity contribution is -0.0626. The topological polar surface area (TPSA) is 109 Å². The van der Waals surface area contributed by atoms with Gasteiger partial charge in [0.05, 0.1) is 16.7 Å². The lowest BCUT2D eigenvalue weighted by atomic mass is 9.69. The van der Waals surface area contributed by atoms with E-state index < -0.39 is 17.8 Å². The number of hydrogen-bond donors (Lipinski definition) is 3. The number of amides is 1. The van der Waals surface area contributed by atoms with E-state index in [1.807, 2.05) is 6.92 Å². The summed E-state index contributed by atoms with van der Waals surface area (Å²) in [6, 6.07) is 9.95. The number of piperidine rings is 2. The number of phenolic OH excluding ortho intramolecular Hbond substituents is 1. The number of pyridine rings is 1. The van der Waals surface area contributed by atoms with Crippen LogP contribution in [0.2, 0.25) is 0 Å². The van der Waals surface area contributed by atoms with Crippen LogP contribution in [0.15, 0.2) is 36.4 Å². The molecule has 3 aromatic rings. The average Bonchev–Trinajstić information content (AvgIpc) is 2.81. The normalized spacial score (nSPS) is 28.5. The van der Waals surface area contributed by atoms with Crippen LogP contribution >= 0.6 is 0 Å². The van der Waals surface area contributed by atoms with Crippen molar-refractivity contribution >= 4 is 16.8 Å². The Morgan fingerprint density at radius 3 is 2.76 bits per heavy atom. The van der Waals surface area contributed by atoms with Gasteiger partial charge in [0.25, 0.3) is 5.91 Å². The van der Waals surface area contributed by atoms with Gasteiger partial charge >= 0.3 is 0 Å². The molecule has 2 aromatic heterocycles. The van der Waals surface area contributed by atoms with Gasteiger partial charge in [-0.2, -0.15) is 0 Å². The Hall–Kier alpha value is -3.33. The molecule has 1 aromatic carbocycles. The van der Waals surface area contributed by atoms with E-state index in [0.717, 1.165) is 24.6 Å². The van der Waals surface area contributed by atoms with Crippen LogP contribution in [0.25, 0.3) is 22.2 Å². The van der Waals surface area contributed by atoms with Crippen LogP contribution in [0.1, 0.15) is 50.0 Å². The molecule has 1 amide bonds. The highest BCUT2D eigenvalue weighted by atomic mass is 19.1. The molecule has 0 spiro atoms. The fourth-order valence-corrected chi connectivity index (χ4v) is 5.38. The number of ether oxygens (including phenoxy) is 1. The van der Waals surface area contributed by atoms with Crippen molar-refractivity contribution in [3.05, 3.63) is 42.1 Å². The molecule has 34 heavy (non-hydrogen) atoms. The van der Waals surface area contributed by atoms with Crippen LogP contribution in [-0.4, -0.2) is 56.6 Å². The van der Waals surface area contributed by atoms with Gasteiger partial charge in [0.15, 0.2) is 6.17 Å². The van der Waals surface area contributed by atoms with Crippen LogP contribution in [0.4, 0.5) is 4.39 Å². The zero-order valence-corrected chi connectivity index (χ0v) is 19.4. The van der Waals surface area contributed by atoms with Crippen molar-refractivity contribution < 1.29 is 19.0 Å². The Bertz CT molecular complexity index is 1250. The van der Waals surface area contributed by atoms with E-state index in [2.05, 4.69) is 32.7 Å². The highest BCUT2D eigenvalue weighted by Gasteiger charge is 2.53. The Morgan fingerprint density at radius 1 is 1.21 bits per heavy atom. The maximum Gasteiger partial charge on any atom is 0.269 e. The fourth-order valence-electron chi connectivity index (χ4n) is 5.38. The summed E-state index contributed by atoms with van der Waals surface area (Å²) in [5, 5.41) is 25.7. The third-order valence-electron chi connectivity index (χ3n) is 7.05. The number of hydrogen-bond acceptors (Lipinski definition) is 7. The first-order valence-electron chi connectivity index (χ1n) is 11.5. The number of aromatic nitrogens is 3. The van der Waals surface area contributed by atoms with Gasteiger partial charge in [0.1, 0.15) is 17.5 Å². The van der Waals surface area contributed by atoms with E-state index in [1.54, 1.807) is 30.3 Å². The summed E-state index contributed by atoms with van der Waals surface area (Å²) < 4.78 is 21.3. The predicted molar refractivity (Wildman–Crippen MR) is 126 cm³/mol. The minimum absolute atomic E-state index is 0.0344. The average molecular weight is 466 g/mol. The summed E-state index contributed by atoms with van der Waals surface area (Å²) in [4.78, 5) is 16.1. The number of aromatic hydroxyl groups is 1. The number of rotatable bonds is 4. The summed E-state index contributed by atoms with van der Waals surface area (Å²) >= 11 is 0. The molecule has 0 aliphatic carbocycles. The van der Waals surface area contributed by atoms with Crippen LogP contribution in [0, 0.1) is 0 Å². The van der Waals surface area contributed by atoms with Crippen LogP contribution in [0.5, 0.6) is 11.6 Å². The largest absolute Gasteiger partial charge is 0.507 e. The fraction of sp³-hybridized carbons (Fsp3) is 0.440. The summed E-state index contributed by atoms with van der Waals surface area (Å²) in [5.41, 5.74) is 0.908. The molecule has 5 rings (SSSR count). The molecule has 0 radical (unpaired) electrons. The van der Waals surface area contributed by atoms with Gasteiger partial charge in [-0.15, -0.1) is 10.2 Å². The van der Waals surface area contributed by atoms with Gasteiger partial charge < -0.3 is 20.5 Å². The van der Waals surface area contributed by atoms with Crippen LogP contribution in [0.3, 0.4) is 0 Å². The molecule has 178 valence electrons. The number of nitrogens with one attached hydrogen (secondary N) is 2. The molecule has 0 saturated carbocycles. The van der Waals surface area contributed by atoms with E-state index in [4.69, 9.17) is 4.74 Å². The highest BCUT2D eigenvalue weighted by molar-refractivity contribution is 5.96. The number of benzene rings is 1. The SMILES string of the molecule is CNC(=O)c1ccc2cc(-c3ccc(O[C@H]4C[C@]5(C)CCC[C@@](C)(N5)[C@H]4F)nn3)c(O)cc2n1. The van der Waals surface area contributed by atoms with E-state index in [1.165, 1.54) is 13.1 Å². The van der Waals surface area contributed by atoms with E-state index >= 15 is 4.39 Å². The van der Waals surface area contributed by atoms with Crippen LogP contribution in [-0.2, 0) is 0 Å². The molecule has 2 saturated heterocycles. The van der Waals surface area contributed by atoms with Gasteiger partial charge in [-0.05, 0) is 51.3 Å². The smallest absolute Gasteiger partial charge is 0.269 e. The van der Waals surface area contributed by atoms with Gasteiger partial charge in [-0.25, -0.2) is 9.37 Å². The molecule has 2 fully saturated rings. The number of fused-ring (bicyclic) bond motifs is 3. The number of nitrogens with zero attached hydrogens (tertiary/aromatic N) is 3. The third kappa shape index (κ3) is 3.94. The minimum Gasteiger partial charge on any atom is -0.507 e. The van der Waals surface area contributed by atoms with E-state index in [0.29, 0.717) is 23.2 Å². The van der Waals surface area contributed by atoms with Gasteiger partial charge in [-0.1, -0.05) is 6.07 Å². The molecule has 8 nitrogen and oxygen atoms in total. The van der Waals surface area contributed by atoms with E-state index in [-0.39, 0.29) is 28.8 Å². The third-order valence-corrected chi connectivity index (χ3v) is 7.05. The molecule has 3 N–H and O–H groups in total. The first kappa shape index (κ1) is 22.5. The lowest BCUT2D eigenvalue weighted by Crippen LogP contribution is -2.71. The molecular weight excluding hydrogens is 437 g/mol. The maximum atomic E-state index is 15.3. The molecule has 4 heterocycles.